The van der Waals surface area contributed by atoms with Crippen LogP contribution in [0.4, 0.5) is 18.9 Å². The van der Waals surface area contributed by atoms with E-state index in [4.69, 9.17) is 5.73 Å². The minimum atomic E-state index is -0.695. The number of nitrogens with two attached hydrogens (primary N) is 1. The molecule has 0 aliphatic carbocycles. The zero-order valence-corrected chi connectivity index (χ0v) is 9.10. The summed E-state index contributed by atoms with van der Waals surface area (Å²) in [5, 5.41) is 0. The van der Waals surface area contributed by atoms with E-state index in [0.717, 1.165) is 12.1 Å². The van der Waals surface area contributed by atoms with E-state index in [2.05, 4.69) is 0 Å². The van der Waals surface area contributed by atoms with Crippen molar-refractivity contribution in [2.24, 2.45) is 0 Å². The molecule has 2 aromatic rings. The van der Waals surface area contributed by atoms with Crippen LogP contribution in [0.3, 0.4) is 0 Å². The third kappa shape index (κ3) is 2.11. The van der Waals surface area contributed by atoms with Crippen LogP contribution < -0.4 is 5.73 Å². The lowest BCUT2D eigenvalue weighted by Crippen LogP contribution is -1.95. The standard InChI is InChI=1S/C13H10F3N/c1-7-4-12(16)13(17)6-10(7)9-3-2-8(14)5-11(9)15/h2-6H,17H2,1H3. The largest absolute Gasteiger partial charge is 0.396 e. The summed E-state index contributed by atoms with van der Waals surface area (Å²) in [7, 11) is 0. The predicted molar refractivity (Wildman–Crippen MR) is 60.9 cm³/mol. The maximum atomic E-state index is 13.6. The molecule has 0 atom stereocenters. The Bertz CT molecular complexity index is 579. The van der Waals surface area contributed by atoms with Crippen molar-refractivity contribution in [3.05, 3.63) is 53.3 Å². The summed E-state index contributed by atoms with van der Waals surface area (Å²) < 4.78 is 39.5. The second-order valence-corrected chi connectivity index (χ2v) is 3.81. The summed E-state index contributed by atoms with van der Waals surface area (Å²) >= 11 is 0. The summed E-state index contributed by atoms with van der Waals surface area (Å²) in [6.45, 7) is 1.64. The molecule has 0 unspecified atom stereocenters. The van der Waals surface area contributed by atoms with Gasteiger partial charge in [0.25, 0.3) is 0 Å². The van der Waals surface area contributed by atoms with Crippen LogP contribution in [-0.4, -0.2) is 0 Å². The monoisotopic (exact) mass is 237 g/mol. The van der Waals surface area contributed by atoms with Gasteiger partial charge in [-0.3, -0.25) is 0 Å². The molecular formula is C13H10F3N. The van der Waals surface area contributed by atoms with Crippen molar-refractivity contribution in [3.63, 3.8) is 0 Å². The highest BCUT2D eigenvalue weighted by atomic mass is 19.1. The van der Waals surface area contributed by atoms with Crippen molar-refractivity contribution in [1.82, 2.24) is 0 Å². The van der Waals surface area contributed by atoms with Gasteiger partial charge in [0, 0.05) is 11.6 Å². The fourth-order valence-electron chi connectivity index (χ4n) is 1.69. The van der Waals surface area contributed by atoms with Crippen molar-refractivity contribution in [3.8, 4) is 11.1 Å². The Hall–Kier alpha value is -1.97. The molecule has 0 saturated heterocycles. The van der Waals surface area contributed by atoms with Crippen molar-refractivity contribution >= 4 is 5.69 Å². The first-order valence-corrected chi connectivity index (χ1v) is 5.00. The van der Waals surface area contributed by atoms with Gasteiger partial charge in [0.05, 0.1) is 5.69 Å². The van der Waals surface area contributed by atoms with Gasteiger partial charge < -0.3 is 5.73 Å². The van der Waals surface area contributed by atoms with E-state index in [1.807, 2.05) is 0 Å². The molecule has 0 heterocycles. The predicted octanol–water partition coefficient (Wildman–Crippen LogP) is 3.66. The second kappa shape index (κ2) is 4.13. The summed E-state index contributed by atoms with van der Waals surface area (Å²) in [5.41, 5.74) is 6.58. The van der Waals surface area contributed by atoms with Gasteiger partial charge in [0.15, 0.2) is 0 Å². The van der Waals surface area contributed by atoms with Crippen molar-refractivity contribution in [2.45, 2.75) is 6.92 Å². The molecule has 17 heavy (non-hydrogen) atoms. The van der Waals surface area contributed by atoms with Crippen LogP contribution in [0.1, 0.15) is 5.56 Å². The van der Waals surface area contributed by atoms with Crippen molar-refractivity contribution in [2.75, 3.05) is 5.73 Å². The fraction of sp³-hybridized carbons (Fsp3) is 0.0769. The summed E-state index contributed by atoms with van der Waals surface area (Å²) in [5.74, 6) is -1.90. The molecule has 0 fully saturated rings. The second-order valence-electron chi connectivity index (χ2n) is 3.81. The Morgan fingerprint density at radius 1 is 0.882 bits per heavy atom. The molecule has 0 amide bonds. The first-order chi connectivity index (χ1) is 7.99. The maximum absolute atomic E-state index is 13.6. The molecule has 0 spiro atoms. The topological polar surface area (TPSA) is 26.0 Å². The minimum absolute atomic E-state index is 0.0608. The third-order valence-corrected chi connectivity index (χ3v) is 2.56. The van der Waals surface area contributed by atoms with Crippen LogP contribution in [0.2, 0.25) is 0 Å². The van der Waals surface area contributed by atoms with Gasteiger partial charge in [-0.1, -0.05) is 0 Å². The number of hydrogen-bond acceptors (Lipinski definition) is 1. The van der Waals surface area contributed by atoms with E-state index in [1.54, 1.807) is 6.92 Å². The maximum Gasteiger partial charge on any atom is 0.146 e. The van der Waals surface area contributed by atoms with E-state index in [9.17, 15) is 13.2 Å². The highest BCUT2D eigenvalue weighted by Crippen LogP contribution is 2.29. The van der Waals surface area contributed by atoms with Crippen LogP contribution >= 0.6 is 0 Å². The van der Waals surface area contributed by atoms with E-state index in [0.29, 0.717) is 11.1 Å². The number of anilines is 1. The number of aryl methyl sites for hydroxylation is 1. The number of rotatable bonds is 1. The molecule has 0 aromatic heterocycles. The number of nitrogen functional groups attached to an aromatic ring is 1. The molecule has 0 aliphatic heterocycles. The highest BCUT2D eigenvalue weighted by molar-refractivity contribution is 5.71. The molecular weight excluding hydrogens is 227 g/mol. The number of halogens is 3. The minimum Gasteiger partial charge on any atom is -0.396 e. The Morgan fingerprint density at radius 2 is 1.59 bits per heavy atom. The molecule has 2 aromatic carbocycles. The molecule has 0 bridgehead atoms. The van der Waals surface area contributed by atoms with Crippen LogP contribution in [0, 0.1) is 24.4 Å². The van der Waals surface area contributed by atoms with E-state index >= 15 is 0 Å². The van der Waals surface area contributed by atoms with Crippen LogP contribution in [0.5, 0.6) is 0 Å². The quantitative estimate of drug-likeness (QED) is 0.752. The lowest BCUT2D eigenvalue weighted by Gasteiger charge is -2.09. The van der Waals surface area contributed by atoms with Gasteiger partial charge in [-0.25, -0.2) is 13.2 Å². The summed E-state index contributed by atoms with van der Waals surface area (Å²) in [4.78, 5) is 0. The SMILES string of the molecule is Cc1cc(F)c(N)cc1-c1ccc(F)cc1F. The zero-order valence-electron chi connectivity index (χ0n) is 9.10. The lowest BCUT2D eigenvalue weighted by atomic mass is 9.99. The average Bonchev–Trinajstić information content (AvgIpc) is 2.24. The van der Waals surface area contributed by atoms with Crippen LogP contribution in [0.25, 0.3) is 11.1 Å². The molecule has 0 saturated carbocycles. The molecule has 4 heteroatoms. The van der Waals surface area contributed by atoms with Crippen LogP contribution in [0.15, 0.2) is 30.3 Å². The van der Waals surface area contributed by atoms with Gasteiger partial charge in [0.2, 0.25) is 0 Å². The normalized spacial score (nSPS) is 10.6. The molecule has 1 nitrogen and oxygen atoms in total. The Morgan fingerprint density at radius 3 is 2.24 bits per heavy atom. The third-order valence-electron chi connectivity index (χ3n) is 2.56. The highest BCUT2D eigenvalue weighted by Gasteiger charge is 2.11. The zero-order chi connectivity index (χ0) is 12.6. The fourth-order valence-corrected chi connectivity index (χ4v) is 1.69. The lowest BCUT2D eigenvalue weighted by molar-refractivity contribution is 0.585. The average molecular weight is 237 g/mol. The summed E-state index contributed by atoms with van der Waals surface area (Å²) in [6, 6.07) is 5.82. The van der Waals surface area contributed by atoms with Crippen LogP contribution in [-0.2, 0) is 0 Å². The Kier molecular flexibility index (Phi) is 2.79. The van der Waals surface area contributed by atoms with Gasteiger partial charge in [-0.2, -0.15) is 0 Å². The van der Waals surface area contributed by atoms with E-state index < -0.39 is 17.5 Å². The van der Waals surface area contributed by atoms with E-state index in [1.165, 1.54) is 18.2 Å². The Balaban J connectivity index is 2.64. The van der Waals surface area contributed by atoms with Gasteiger partial charge in [-0.05, 0) is 42.3 Å². The molecule has 0 radical (unpaired) electrons. The van der Waals surface area contributed by atoms with E-state index in [-0.39, 0.29) is 11.3 Å². The molecule has 2 rings (SSSR count). The Labute approximate surface area is 96.7 Å². The first kappa shape index (κ1) is 11.5. The number of hydrogen-bond donors (Lipinski definition) is 1. The van der Waals surface area contributed by atoms with Gasteiger partial charge in [-0.15, -0.1) is 0 Å². The van der Waals surface area contributed by atoms with Gasteiger partial charge >= 0.3 is 0 Å². The molecule has 0 aliphatic rings. The van der Waals surface area contributed by atoms with Crippen molar-refractivity contribution < 1.29 is 13.2 Å². The first-order valence-electron chi connectivity index (χ1n) is 5.00. The summed E-state index contributed by atoms with van der Waals surface area (Å²) in [6.07, 6.45) is 0. The molecule has 88 valence electrons. The van der Waals surface area contributed by atoms with Crippen molar-refractivity contribution in [1.29, 1.82) is 0 Å². The number of benzene rings is 2. The molecule has 2 N–H and O–H groups in total. The van der Waals surface area contributed by atoms with Gasteiger partial charge in [0.1, 0.15) is 17.5 Å². The smallest absolute Gasteiger partial charge is 0.146 e.